The monoisotopic (exact) mass is 274 g/mol. The van der Waals surface area contributed by atoms with Gasteiger partial charge in [0.2, 0.25) is 0 Å². The molecule has 0 bridgehead atoms. The van der Waals surface area contributed by atoms with Gasteiger partial charge >= 0.3 is 5.97 Å². The molecule has 0 N–H and O–H groups in total. The Balaban J connectivity index is 0.000000956. The van der Waals surface area contributed by atoms with E-state index in [1.807, 2.05) is 51.1 Å². The molecule has 20 heavy (non-hydrogen) atoms. The molecule has 1 heterocycles. The molecule has 0 saturated heterocycles. The first-order chi connectivity index (χ1) is 9.65. The zero-order valence-electron chi connectivity index (χ0n) is 12.8. The van der Waals surface area contributed by atoms with Crippen LogP contribution in [-0.2, 0) is 11.8 Å². The fraction of sp³-hybridized carbons (Fsp3) is 0.375. The molecule has 0 atom stereocenters. The quantitative estimate of drug-likeness (QED) is 0.803. The summed E-state index contributed by atoms with van der Waals surface area (Å²) in [5.41, 5.74) is 3.18. The number of aromatic nitrogens is 2. The molecule has 0 amide bonds. The summed E-state index contributed by atoms with van der Waals surface area (Å²) in [5, 5.41) is 4.40. The number of carbonyl (C=O) groups is 1. The van der Waals surface area contributed by atoms with Crippen LogP contribution in [-0.4, -0.2) is 22.4 Å². The fourth-order valence-corrected chi connectivity index (χ4v) is 1.98. The molecule has 0 aliphatic heterocycles. The van der Waals surface area contributed by atoms with Gasteiger partial charge in [0.1, 0.15) is 5.69 Å². The number of nitrogens with zero attached hydrogens (tertiary/aromatic N) is 2. The largest absolute Gasteiger partial charge is 0.461 e. The van der Waals surface area contributed by atoms with Crippen molar-refractivity contribution in [1.82, 2.24) is 9.78 Å². The van der Waals surface area contributed by atoms with Gasteiger partial charge in [-0.2, -0.15) is 5.10 Å². The first kappa shape index (κ1) is 16.0. The third-order valence-corrected chi connectivity index (χ3v) is 2.80. The zero-order chi connectivity index (χ0) is 15.1. The van der Waals surface area contributed by atoms with E-state index < -0.39 is 0 Å². The van der Waals surface area contributed by atoms with Gasteiger partial charge in [0, 0.05) is 18.2 Å². The van der Waals surface area contributed by atoms with Crippen LogP contribution in [0.1, 0.15) is 36.8 Å². The van der Waals surface area contributed by atoms with E-state index >= 15 is 0 Å². The smallest absolute Gasteiger partial charge is 0.356 e. The van der Waals surface area contributed by atoms with Crippen LogP contribution in [0.15, 0.2) is 30.3 Å². The number of aryl methyl sites for hydroxylation is 1. The number of esters is 1. The van der Waals surface area contributed by atoms with Crippen molar-refractivity contribution in [2.24, 2.45) is 7.05 Å². The van der Waals surface area contributed by atoms with Crippen molar-refractivity contribution in [3.05, 3.63) is 41.6 Å². The normalized spacial score (nSPS) is 9.65. The molecule has 2 aromatic rings. The average Bonchev–Trinajstić information content (AvgIpc) is 2.77. The summed E-state index contributed by atoms with van der Waals surface area (Å²) >= 11 is 0. The number of ether oxygens (including phenoxy) is 1. The summed E-state index contributed by atoms with van der Waals surface area (Å²) in [6.45, 7) is 8.05. The van der Waals surface area contributed by atoms with Crippen molar-refractivity contribution in [2.45, 2.75) is 27.7 Å². The van der Waals surface area contributed by atoms with Crippen LogP contribution in [0.4, 0.5) is 0 Å². The van der Waals surface area contributed by atoms with Gasteiger partial charge in [0.05, 0.1) is 12.3 Å². The van der Waals surface area contributed by atoms with Crippen LogP contribution in [0.25, 0.3) is 11.3 Å². The minimum Gasteiger partial charge on any atom is -0.461 e. The number of hydrogen-bond acceptors (Lipinski definition) is 3. The van der Waals surface area contributed by atoms with E-state index in [1.54, 1.807) is 18.7 Å². The Kier molecular flexibility index (Phi) is 5.97. The van der Waals surface area contributed by atoms with Crippen molar-refractivity contribution in [1.29, 1.82) is 0 Å². The molecule has 1 aromatic carbocycles. The Labute approximate surface area is 120 Å². The van der Waals surface area contributed by atoms with E-state index in [0.29, 0.717) is 12.3 Å². The van der Waals surface area contributed by atoms with Crippen LogP contribution >= 0.6 is 0 Å². The van der Waals surface area contributed by atoms with E-state index in [0.717, 1.165) is 16.8 Å². The summed E-state index contributed by atoms with van der Waals surface area (Å²) < 4.78 is 6.62. The summed E-state index contributed by atoms with van der Waals surface area (Å²) in [4.78, 5) is 11.8. The molecule has 2 rings (SSSR count). The van der Waals surface area contributed by atoms with Gasteiger partial charge in [-0.15, -0.1) is 0 Å². The Morgan fingerprint density at radius 3 is 2.40 bits per heavy atom. The maximum absolute atomic E-state index is 11.8. The summed E-state index contributed by atoms with van der Waals surface area (Å²) in [7, 11) is 1.76. The van der Waals surface area contributed by atoms with E-state index in [9.17, 15) is 4.79 Å². The third-order valence-electron chi connectivity index (χ3n) is 2.80. The number of hydrogen-bond donors (Lipinski definition) is 0. The van der Waals surface area contributed by atoms with E-state index in [-0.39, 0.29) is 5.97 Å². The van der Waals surface area contributed by atoms with Crippen molar-refractivity contribution < 1.29 is 9.53 Å². The van der Waals surface area contributed by atoms with Crippen LogP contribution in [0.2, 0.25) is 0 Å². The lowest BCUT2D eigenvalue weighted by atomic mass is 10.1. The topological polar surface area (TPSA) is 44.1 Å². The molecule has 0 aliphatic carbocycles. The molecule has 0 spiro atoms. The fourth-order valence-electron chi connectivity index (χ4n) is 1.98. The second kappa shape index (κ2) is 7.48. The predicted molar refractivity (Wildman–Crippen MR) is 80.7 cm³/mol. The highest BCUT2D eigenvalue weighted by molar-refractivity contribution is 5.91. The van der Waals surface area contributed by atoms with Crippen LogP contribution < -0.4 is 0 Å². The zero-order valence-corrected chi connectivity index (χ0v) is 12.8. The second-order valence-corrected chi connectivity index (χ2v) is 4.03. The molecule has 4 heteroatoms. The number of benzene rings is 1. The molecular weight excluding hydrogens is 252 g/mol. The van der Waals surface area contributed by atoms with E-state index in [1.165, 1.54) is 0 Å². The molecular formula is C16H22N2O2. The van der Waals surface area contributed by atoms with Gasteiger partial charge in [-0.3, -0.25) is 4.68 Å². The van der Waals surface area contributed by atoms with Crippen LogP contribution in [0, 0.1) is 6.92 Å². The number of carbonyl (C=O) groups excluding carboxylic acids is 1. The molecule has 1 aromatic heterocycles. The van der Waals surface area contributed by atoms with Gasteiger partial charge < -0.3 is 4.74 Å². The highest BCUT2D eigenvalue weighted by Gasteiger charge is 2.20. The van der Waals surface area contributed by atoms with Crippen molar-refractivity contribution in [2.75, 3.05) is 6.61 Å². The highest BCUT2D eigenvalue weighted by atomic mass is 16.5. The Morgan fingerprint density at radius 2 is 1.85 bits per heavy atom. The van der Waals surface area contributed by atoms with Gasteiger partial charge in [0.25, 0.3) is 0 Å². The van der Waals surface area contributed by atoms with Crippen molar-refractivity contribution in [3.8, 4) is 11.3 Å². The molecule has 0 fully saturated rings. The predicted octanol–water partition coefficient (Wildman–Crippen LogP) is 3.60. The molecule has 0 saturated carbocycles. The molecule has 0 radical (unpaired) electrons. The lowest BCUT2D eigenvalue weighted by molar-refractivity contribution is 0.0513. The minimum absolute atomic E-state index is 0.327. The maximum Gasteiger partial charge on any atom is 0.356 e. The minimum atomic E-state index is -0.327. The maximum atomic E-state index is 11.8. The summed E-state index contributed by atoms with van der Waals surface area (Å²) in [6.07, 6.45) is 0. The molecule has 4 nitrogen and oxygen atoms in total. The van der Waals surface area contributed by atoms with Gasteiger partial charge in [0.15, 0.2) is 0 Å². The molecule has 0 aliphatic rings. The summed E-state index contributed by atoms with van der Waals surface area (Å²) in [5.74, 6) is -0.327. The molecule has 108 valence electrons. The Morgan fingerprint density at radius 1 is 1.25 bits per heavy atom. The number of rotatable bonds is 3. The standard InChI is InChI=1S/C14H16N2O2.C2H6/c1-4-18-14(17)13-10(2)12(15-16(13)3)11-8-6-5-7-9-11;1-2/h5-9H,4H2,1-3H3;1-2H3. The van der Waals surface area contributed by atoms with E-state index in [2.05, 4.69) is 5.10 Å². The summed E-state index contributed by atoms with van der Waals surface area (Å²) in [6, 6.07) is 9.81. The van der Waals surface area contributed by atoms with Crippen molar-refractivity contribution >= 4 is 5.97 Å². The second-order valence-electron chi connectivity index (χ2n) is 4.03. The Hall–Kier alpha value is -2.10. The lowest BCUT2D eigenvalue weighted by Gasteiger charge is -2.02. The van der Waals surface area contributed by atoms with Gasteiger partial charge in [-0.1, -0.05) is 44.2 Å². The van der Waals surface area contributed by atoms with E-state index in [4.69, 9.17) is 4.74 Å². The molecule has 0 unspecified atom stereocenters. The van der Waals surface area contributed by atoms with Crippen LogP contribution in [0.3, 0.4) is 0 Å². The highest BCUT2D eigenvalue weighted by Crippen LogP contribution is 2.24. The third kappa shape index (κ3) is 3.26. The Bertz CT molecular complexity index is 559. The van der Waals surface area contributed by atoms with Crippen LogP contribution in [0.5, 0.6) is 0 Å². The SMILES string of the molecule is CC.CCOC(=O)c1c(C)c(-c2ccccc2)nn1C. The van der Waals surface area contributed by atoms with Gasteiger partial charge in [-0.05, 0) is 13.8 Å². The first-order valence-electron chi connectivity index (χ1n) is 6.91. The average molecular weight is 274 g/mol. The lowest BCUT2D eigenvalue weighted by Crippen LogP contribution is -2.11. The van der Waals surface area contributed by atoms with Gasteiger partial charge in [-0.25, -0.2) is 4.79 Å². The van der Waals surface area contributed by atoms with Crippen molar-refractivity contribution in [3.63, 3.8) is 0 Å². The first-order valence-corrected chi connectivity index (χ1v) is 6.91.